The van der Waals surface area contributed by atoms with Gasteiger partial charge < -0.3 is 19.9 Å². The zero-order valence-electron chi connectivity index (χ0n) is 11.7. The van der Waals surface area contributed by atoms with Gasteiger partial charge in [0.25, 0.3) is 0 Å². The predicted octanol–water partition coefficient (Wildman–Crippen LogP) is 2.51. The number of hydrogen-bond acceptors (Lipinski definition) is 5. The zero-order chi connectivity index (χ0) is 15.1. The highest BCUT2D eigenvalue weighted by molar-refractivity contribution is 5.90. The molecule has 0 aliphatic heterocycles. The molecule has 0 fully saturated rings. The van der Waals surface area contributed by atoms with Gasteiger partial charge in [0.1, 0.15) is 24.7 Å². The highest BCUT2D eigenvalue weighted by atomic mass is 16.5. The topological polar surface area (TPSA) is 70.8 Å². The maximum atomic E-state index is 11.4. The van der Waals surface area contributed by atoms with Crippen LogP contribution in [0.4, 0.5) is 5.69 Å². The van der Waals surface area contributed by atoms with Gasteiger partial charge in [0.15, 0.2) is 0 Å². The fraction of sp³-hybridized carbons (Fsp3) is 0.188. The Bertz CT molecular complexity index is 598. The molecule has 2 aromatic carbocycles. The summed E-state index contributed by atoms with van der Waals surface area (Å²) in [5, 5.41) is 0. The lowest BCUT2D eigenvalue weighted by Crippen LogP contribution is -2.10. The number of esters is 1. The van der Waals surface area contributed by atoms with Crippen LogP contribution in [0.2, 0.25) is 0 Å². The van der Waals surface area contributed by atoms with Gasteiger partial charge in [0.2, 0.25) is 0 Å². The first-order valence-electron chi connectivity index (χ1n) is 6.49. The van der Waals surface area contributed by atoms with E-state index >= 15 is 0 Å². The summed E-state index contributed by atoms with van der Waals surface area (Å²) in [6.07, 6.45) is 0. The van der Waals surface area contributed by atoms with Gasteiger partial charge >= 0.3 is 5.97 Å². The van der Waals surface area contributed by atoms with Crippen molar-refractivity contribution in [3.05, 3.63) is 54.1 Å². The lowest BCUT2D eigenvalue weighted by atomic mass is 10.2. The van der Waals surface area contributed by atoms with Crippen LogP contribution in [0.15, 0.2) is 48.5 Å². The van der Waals surface area contributed by atoms with Crippen molar-refractivity contribution in [2.24, 2.45) is 0 Å². The van der Waals surface area contributed by atoms with Crippen molar-refractivity contribution in [2.75, 3.05) is 26.1 Å². The first-order valence-corrected chi connectivity index (χ1v) is 6.49. The van der Waals surface area contributed by atoms with Crippen LogP contribution in [-0.2, 0) is 4.74 Å². The molecule has 0 spiro atoms. The van der Waals surface area contributed by atoms with Gasteiger partial charge in [-0.1, -0.05) is 18.2 Å². The van der Waals surface area contributed by atoms with Gasteiger partial charge in [-0.25, -0.2) is 4.79 Å². The number of carbonyl (C=O) groups excluding carboxylic acids is 1. The third kappa shape index (κ3) is 4.14. The van der Waals surface area contributed by atoms with Gasteiger partial charge in [-0.15, -0.1) is 0 Å². The summed E-state index contributed by atoms with van der Waals surface area (Å²) >= 11 is 0. The molecule has 0 amide bonds. The number of anilines is 1. The minimum absolute atomic E-state index is 0.358. The van der Waals surface area contributed by atoms with E-state index in [1.165, 1.54) is 13.2 Å². The number of ether oxygens (including phenoxy) is 3. The largest absolute Gasteiger partial charge is 0.490 e. The molecule has 0 saturated carbocycles. The van der Waals surface area contributed by atoms with E-state index in [-0.39, 0.29) is 0 Å². The van der Waals surface area contributed by atoms with Crippen molar-refractivity contribution in [3.63, 3.8) is 0 Å². The summed E-state index contributed by atoms with van der Waals surface area (Å²) in [7, 11) is 1.32. The van der Waals surface area contributed by atoms with Crippen molar-refractivity contribution in [3.8, 4) is 11.5 Å². The second-order valence-electron chi connectivity index (χ2n) is 4.25. The van der Waals surface area contributed by atoms with Crippen LogP contribution < -0.4 is 15.2 Å². The summed E-state index contributed by atoms with van der Waals surface area (Å²) in [6, 6.07) is 14.3. The molecule has 0 bridgehead atoms. The molecule has 2 N–H and O–H groups in total. The zero-order valence-corrected chi connectivity index (χ0v) is 11.7. The molecular formula is C16H17NO4. The van der Waals surface area contributed by atoms with E-state index in [0.29, 0.717) is 30.2 Å². The molecule has 0 radical (unpaired) electrons. The van der Waals surface area contributed by atoms with E-state index in [9.17, 15) is 4.79 Å². The van der Waals surface area contributed by atoms with E-state index in [1.807, 2.05) is 30.3 Å². The summed E-state index contributed by atoms with van der Waals surface area (Å²) in [5.41, 5.74) is 6.61. The molecular weight excluding hydrogens is 270 g/mol. The second kappa shape index (κ2) is 7.19. The monoisotopic (exact) mass is 287 g/mol. The van der Waals surface area contributed by atoms with Crippen LogP contribution in [0.3, 0.4) is 0 Å². The van der Waals surface area contributed by atoms with Crippen molar-refractivity contribution < 1.29 is 19.0 Å². The van der Waals surface area contributed by atoms with Crippen molar-refractivity contribution in [2.45, 2.75) is 0 Å². The standard InChI is InChI=1S/C16H17NO4/c1-19-16(18)12-7-8-15(14(17)11-12)21-10-9-20-13-5-3-2-4-6-13/h2-8,11H,9-10,17H2,1H3. The molecule has 5 heteroatoms. The number of para-hydroxylation sites is 1. The summed E-state index contributed by atoms with van der Waals surface area (Å²) in [4.78, 5) is 11.4. The number of methoxy groups -OCH3 is 1. The smallest absolute Gasteiger partial charge is 0.337 e. The van der Waals surface area contributed by atoms with E-state index < -0.39 is 5.97 Å². The van der Waals surface area contributed by atoms with Crippen LogP contribution in [0.25, 0.3) is 0 Å². The van der Waals surface area contributed by atoms with Crippen LogP contribution in [0, 0.1) is 0 Å². The quantitative estimate of drug-likeness (QED) is 0.502. The molecule has 0 unspecified atom stereocenters. The lowest BCUT2D eigenvalue weighted by Gasteiger charge is -2.11. The first-order chi connectivity index (χ1) is 10.2. The van der Waals surface area contributed by atoms with E-state index in [0.717, 1.165) is 5.75 Å². The van der Waals surface area contributed by atoms with Crippen LogP contribution in [0.1, 0.15) is 10.4 Å². The van der Waals surface area contributed by atoms with E-state index in [1.54, 1.807) is 12.1 Å². The van der Waals surface area contributed by atoms with Crippen LogP contribution in [0.5, 0.6) is 11.5 Å². The van der Waals surface area contributed by atoms with E-state index in [4.69, 9.17) is 15.2 Å². The molecule has 2 aromatic rings. The van der Waals surface area contributed by atoms with Gasteiger partial charge in [-0.05, 0) is 30.3 Å². The average molecular weight is 287 g/mol. The molecule has 0 aliphatic carbocycles. The number of carbonyl (C=O) groups is 1. The Morgan fingerprint density at radius 1 is 1.05 bits per heavy atom. The Morgan fingerprint density at radius 2 is 1.76 bits per heavy atom. The molecule has 0 atom stereocenters. The van der Waals surface area contributed by atoms with Crippen molar-refractivity contribution in [1.29, 1.82) is 0 Å². The third-order valence-electron chi connectivity index (χ3n) is 2.78. The summed E-state index contributed by atoms with van der Waals surface area (Å²) < 4.78 is 15.7. The fourth-order valence-electron chi connectivity index (χ4n) is 1.75. The van der Waals surface area contributed by atoms with E-state index in [2.05, 4.69) is 4.74 Å². The SMILES string of the molecule is COC(=O)c1ccc(OCCOc2ccccc2)c(N)c1. The lowest BCUT2D eigenvalue weighted by molar-refractivity contribution is 0.0600. The van der Waals surface area contributed by atoms with Gasteiger partial charge in [0.05, 0.1) is 18.4 Å². The third-order valence-corrected chi connectivity index (χ3v) is 2.78. The molecule has 0 heterocycles. The maximum Gasteiger partial charge on any atom is 0.337 e. The van der Waals surface area contributed by atoms with Crippen LogP contribution in [-0.4, -0.2) is 26.3 Å². The maximum absolute atomic E-state index is 11.4. The normalized spacial score (nSPS) is 9.95. The Morgan fingerprint density at radius 3 is 2.43 bits per heavy atom. The van der Waals surface area contributed by atoms with Crippen molar-refractivity contribution in [1.82, 2.24) is 0 Å². The Balaban J connectivity index is 1.85. The van der Waals surface area contributed by atoms with Crippen molar-refractivity contribution >= 4 is 11.7 Å². The second-order valence-corrected chi connectivity index (χ2v) is 4.25. The highest BCUT2D eigenvalue weighted by Gasteiger charge is 2.08. The number of hydrogen-bond donors (Lipinski definition) is 1. The Labute approximate surface area is 123 Å². The van der Waals surface area contributed by atoms with Gasteiger partial charge in [0, 0.05) is 0 Å². The molecule has 0 aromatic heterocycles. The van der Waals surface area contributed by atoms with Gasteiger partial charge in [-0.3, -0.25) is 0 Å². The molecule has 0 aliphatic rings. The predicted molar refractivity (Wildman–Crippen MR) is 79.6 cm³/mol. The number of rotatable bonds is 6. The summed E-state index contributed by atoms with van der Waals surface area (Å²) in [6.45, 7) is 0.763. The number of benzene rings is 2. The highest BCUT2D eigenvalue weighted by Crippen LogP contribution is 2.22. The summed E-state index contributed by atoms with van der Waals surface area (Å²) in [5.74, 6) is 0.870. The Kier molecular flexibility index (Phi) is 5.04. The number of nitrogen functional groups attached to an aromatic ring is 1. The van der Waals surface area contributed by atoms with Gasteiger partial charge in [-0.2, -0.15) is 0 Å². The average Bonchev–Trinajstić information content (AvgIpc) is 2.53. The molecule has 5 nitrogen and oxygen atoms in total. The minimum atomic E-state index is -0.430. The first kappa shape index (κ1) is 14.7. The molecule has 0 saturated heterocycles. The Hall–Kier alpha value is -2.69. The van der Waals surface area contributed by atoms with Crippen LogP contribution >= 0.6 is 0 Å². The fourth-order valence-corrected chi connectivity index (χ4v) is 1.75. The molecule has 21 heavy (non-hydrogen) atoms. The molecule has 2 rings (SSSR count). The molecule has 110 valence electrons. The number of nitrogens with two attached hydrogens (primary N) is 1. The minimum Gasteiger partial charge on any atom is -0.490 e.